The van der Waals surface area contributed by atoms with E-state index in [1.54, 1.807) is 21.9 Å². The van der Waals surface area contributed by atoms with E-state index in [0.29, 0.717) is 25.9 Å². The molecule has 1 N–H and O–H groups in total. The van der Waals surface area contributed by atoms with Crippen molar-refractivity contribution in [3.63, 3.8) is 0 Å². The number of carbonyl (C=O) groups is 3. The van der Waals surface area contributed by atoms with E-state index >= 15 is 0 Å². The van der Waals surface area contributed by atoms with Gasteiger partial charge in [-0.3, -0.25) is 14.4 Å². The van der Waals surface area contributed by atoms with Gasteiger partial charge in [0.15, 0.2) is 5.76 Å². The molecule has 7 nitrogen and oxygen atoms in total. The van der Waals surface area contributed by atoms with Crippen LogP contribution in [0.25, 0.3) is 0 Å². The van der Waals surface area contributed by atoms with E-state index in [1.165, 1.54) is 6.26 Å². The molecule has 2 fully saturated rings. The molecule has 146 valence electrons. The molecule has 0 spiro atoms. The summed E-state index contributed by atoms with van der Waals surface area (Å²) in [6.07, 6.45) is 4.40. The second kappa shape index (κ2) is 7.88. The first-order valence-corrected chi connectivity index (χ1v) is 9.65. The van der Waals surface area contributed by atoms with Crippen molar-refractivity contribution >= 4 is 23.4 Å². The number of furan rings is 1. The van der Waals surface area contributed by atoms with Crippen molar-refractivity contribution in [2.45, 2.75) is 38.3 Å². The topological polar surface area (TPSA) is 82.9 Å². The number of nitrogens with one attached hydrogen (secondary N) is 1. The van der Waals surface area contributed by atoms with Gasteiger partial charge < -0.3 is 19.5 Å². The third-order valence-corrected chi connectivity index (χ3v) is 5.34. The lowest BCUT2D eigenvalue weighted by Crippen LogP contribution is -2.45. The first-order chi connectivity index (χ1) is 13.6. The molecule has 2 aliphatic heterocycles. The van der Waals surface area contributed by atoms with E-state index < -0.39 is 6.04 Å². The largest absolute Gasteiger partial charge is 0.459 e. The Hall–Kier alpha value is -3.09. The maximum atomic E-state index is 12.6. The summed E-state index contributed by atoms with van der Waals surface area (Å²) in [5.74, 6) is 0.00818. The van der Waals surface area contributed by atoms with E-state index in [4.69, 9.17) is 4.42 Å². The lowest BCUT2D eigenvalue weighted by Gasteiger charge is -2.23. The summed E-state index contributed by atoms with van der Waals surface area (Å²) >= 11 is 0. The number of likely N-dealkylation sites (tertiary alicyclic amines) is 1. The SMILES string of the molecule is O=C(NCc1ccc(N2CCCC2=O)cc1)C1CCCN1C(=O)c1ccco1. The van der Waals surface area contributed by atoms with E-state index in [1.807, 2.05) is 24.3 Å². The Bertz CT molecular complexity index is 860. The molecule has 7 heteroatoms. The van der Waals surface area contributed by atoms with Gasteiger partial charge in [0.2, 0.25) is 11.8 Å². The second-order valence-corrected chi connectivity index (χ2v) is 7.17. The normalized spacial score (nSPS) is 19.3. The number of hydrogen-bond acceptors (Lipinski definition) is 4. The van der Waals surface area contributed by atoms with Crippen LogP contribution in [0, 0.1) is 0 Å². The molecule has 2 aliphatic rings. The van der Waals surface area contributed by atoms with Crippen molar-refractivity contribution in [3.05, 3.63) is 54.0 Å². The average Bonchev–Trinajstić information content (AvgIpc) is 3.47. The summed E-state index contributed by atoms with van der Waals surface area (Å²) in [6.45, 7) is 1.69. The second-order valence-electron chi connectivity index (χ2n) is 7.17. The first kappa shape index (κ1) is 18.3. The molecule has 0 radical (unpaired) electrons. The van der Waals surface area contributed by atoms with Crippen LogP contribution in [0.15, 0.2) is 47.1 Å². The standard InChI is InChI=1S/C21H23N3O4/c25-19-6-2-11-23(19)16-9-7-15(8-10-16)14-22-20(26)17-4-1-12-24(17)21(27)18-5-3-13-28-18/h3,5,7-10,13,17H,1-2,4,6,11-12,14H2,(H,22,26). The number of benzene rings is 1. The van der Waals surface area contributed by atoms with Crippen LogP contribution in [0.4, 0.5) is 5.69 Å². The van der Waals surface area contributed by atoms with Crippen LogP contribution in [0.1, 0.15) is 41.8 Å². The third-order valence-electron chi connectivity index (χ3n) is 5.34. The van der Waals surface area contributed by atoms with Crippen molar-refractivity contribution in [1.82, 2.24) is 10.2 Å². The van der Waals surface area contributed by atoms with Gasteiger partial charge in [-0.2, -0.15) is 0 Å². The van der Waals surface area contributed by atoms with Crippen LogP contribution in [0.3, 0.4) is 0 Å². The summed E-state index contributed by atoms with van der Waals surface area (Å²) < 4.78 is 5.18. The molecule has 1 atom stereocenters. The third kappa shape index (κ3) is 3.65. The molecule has 2 aromatic rings. The molecule has 0 aliphatic carbocycles. The summed E-state index contributed by atoms with van der Waals surface area (Å²) in [5.41, 5.74) is 1.84. The van der Waals surface area contributed by atoms with Gasteiger partial charge in [0.1, 0.15) is 6.04 Å². The van der Waals surface area contributed by atoms with Gasteiger partial charge >= 0.3 is 0 Å². The Balaban J connectivity index is 1.34. The van der Waals surface area contributed by atoms with Crippen LogP contribution in [0.2, 0.25) is 0 Å². The fourth-order valence-corrected chi connectivity index (χ4v) is 3.85. The Morgan fingerprint density at radius 1 is 1.11 bits per heavy atom. The van der Waals surface area contributed by atoms with Gasteiger partial charge in [0.25, 0.3) is 5.91 Å². The van der Waals surface area contributed by atoms with E-state index in [2.05, 4.69) is 5.32 Å². The van der Waals surface area contributed by atoms with Crippen molar-refractivity contribution in [2.75, 3.05) is 18.0 Å². The predicted molar refractivity (Wildman–Crippen MR) is 103 cm³/mol. The molecule has 1 aromatic heterocycles. The summed E-state index contributed by atoms with van der Waals surface area (Å²) in [4.78, 5) is 40.3. The van der Waals surface area contributed by atoms with Gasteiger partial charge in [0.05, 0.1) is 6.26 Å². The quantitative estimate of drug-likeness (QED) is 0.862. The summed E-state index contributed by atoms with van der Waals surface area (Å²) in [5, 5.41) is 2.92. The summed E-state index contributed by atoms with van der Waals surface area (Å²) in [6, 6.07) is 10.5. The summed E-state index contributed by atoms with van der Waals surface area (Å²) in [7, 11) is 0. The Morgan fingerprint density at radius 2 is 1.93 bits per heavy atom. The number of rotatable bonds is 5. The van der Waals surface area contributed by atoms with Crippen molar-refractivity contribution in [3.8, 4) is 0 Å². The highest BCUT2D eigenvalue weighted by Gasteiger charge is 2.35. The molecule has 1 aromatic carbocycles. The molecule has 0 saturated carbocycles. The van der Waals surface area contributed by atoms with Gasteiger partial charge in [0, 0.05) is 31.7 Å². The van der Waals surface area contributed by atoms with E-state index in [0.717, 1.165) is 30.6 Å². The van der Waals surface area contributed by atoms with Crippen LogP contribution in [0.5, 0.6) is 0 Å². The van der Waals surface area contributed by atoms with Crippen LogP contribution in [-0.2, 0) is 16.1 Å². The molecule has 1 unspecified atom stereocenters. The van der Waals surface area contributed by atoms with Gasteiger partial charge in [-0.05, 0) is 49.1 Å². The molecule has 2 saturated heterocycles. The van der Waals surface area contributed by atoms with E-state index in [-0.39, 0.29) is 23.5 Å². The van der Waals surface area contributed by atoms with E-state index in [9.17, 15) is 14.4 Å². The van der Waals surface area contributed by atoms with Crippen molar-refractivity contribution in [1.29, 1.82) is 0 Å². The molecule has 3 heterocycles. The molecular formula is C21H23N3O4. The fourth-order valence-electron chi connectivity index (χ4n) is 3.85. The predicted octanol–water partition coefficient (Wildman–Crippen LogP) is 2.33. The number of amides is 3. The van der Waals surface area contributed by atoms with Gasteiger partial charge in [-0.1, -0.05) is 12.1 Å². The van der Waals surface area contributed by atoms with Crippen LogP contribution in [-0.4, -0.2) is 41.8 Å². The maximum Gasteiger partial charge on any atom is 0.290 e. The van der Waals surface area contributed by atoms with Crippen molar-refractivity contribution in [2.24, 2.45) is 0 Å². The Kier molecular flexibility index (Phi) is 5.14. The Morgan fingerprint density at radius 3 is 2.61 bits per heavy atom. The monoisotopic (exact) mass is 381 g/mol. The average molecular weight is 381 g/mol. The minimum atomic E-state index is -0.473. The number of nitrogens with zero attached hydrogens (tertiary/aromatic N) is 2. The highest BCUT2D eigenvalue weighted by molar-refractivity contribution is 5.96. The molecule has 3 amide bonds. The lowest BCUT2D eigenvalue weighted by atomic mass is 10.1. The van der Waals surface area contributed by atoms with Crippen molar-refractivity contribution < 1.29 is 18.8 Å². The number of carbonyl (C=O) groups excluding carboxylic acids is 3. The van der Waals surface area contributed by atoms with Crippen LogP contribution >= 0.6 is 0 Å². The van der Waals surface area contributed by atoms with Gasteiger partial charge in [-0.25, -0.2) is 0 Å². The number of hydrogen-bond donors (Lipinski definition) is 1. The number of anilines is 1. The molecular weight excluding hydrogens is 358 g/mol. The first-order valence-electron chi connectivity index (χ1n) is 9.65. The highest BCUT2D eigenvalue weighted by Crippen LogP contribution is 2.22. The minimum absolute atomic E-state index is 0.156. The zero-order chi connectivity index (χ0) is 19.5. The fraction of sp³-hybridized carbons (Fsp3) is 0.381. The lowest BCUT2D eigenvalue weighted by molar-refractivity contribution is -0.125. The van der Waals surface area contributed by atoms with Crippen LogP contribution < -0.4 is 10.2 Å². The molecule has 0 bridgehead atoms. The Labute approximate surface area is 163 Å². The smallest absolute Gasteiger partial charge is 0.290 e. The molecule has 28 heavy (non-hydrogen) atoms. The minimum Gasteiger partial charge on any atom is -0.459 e. The zero-order valence-corrected chi connectivity index (χ0v) is 15.6. The maximum absolute atomic E-state index is 12.6. The zero-order valence-electron chi connectivity index (χ0n) is 15.6. The van der Waals surface area contributed by atoms with Gasteiger partial charge in [-0.15, -0.1) is 0 Å². The molecule has 4 rings (SSSR count). The highest BCUT2D eigenvalue weighted by atomic mass is 16.3.